The molecular formula is C22H24N4O3S. The Morgan fingerprint density at radius 2 is 1.87 bits per heavy atom. The van der Waals surface area contributed by atoms with E-state index in [1.54, 1.807) is 4.90 Å². The van der Waals surface area contributed by atoms with Crippen LogP contribution in [0.5, 0.6) is 0 Å². The third kappa shape index (κ3) is 4.76. The molecule has 2 aromatic rings. The van der Waals surface area contributed by atoms with E-state index >= 15 is 0 Å². The topological polar surface area (TPSA) is 82.1 Å². The van der Waals surface area contributed by atoms with E-state index < -0.39 is 0 Å². The van der Waals surface area contributed by atoms with Gasteiger partial charge in [0.15, 0.2) is 0 Å². The van der Waals surface area contributed by atoms with Crippen molar-refractivity contribution in [2.75, 3.05) is 13.1 Å². The molecule has 2 aliphatic rings. The molecule has 3 heterocycles. The molecule has 0 bridgehead atoms. The minimum atomic E-state index is -0.108. The first-order valence-electron chi connectivity index (χ1n) is 10.1. The molecule has 1 aromatic heterocycles. The summed E-state index contributed by atoms with van der Waals surface area (Å²) in [7, 11) is 0. The fourth-order valence-electron chi connectivity index (χ4n) is 3.71. The van der Waals surface area contributed by atoms with Crippen LogP contribution in [0.2, 0.25) is 0 Å². The molecule has 1 saturated heterocycles. The van der Waals surface area contributed by atoms with Gasteiger partial charge in [0.1, 0.15) is 5.71 Å². The van der Waals surface area contributed by atoms with Gasteiger partial charge in [-0.15, -0.1) is 0 Å². The van der Waals surface area contributed by atoms with Gasteiger partial charge in [-0.05, 0) is 29.9 Å². The molecule has 0 unspecified atom stereocenters. The lowest BCUT2D eigenvalue weighted by atomic mass is 10.0. The van der Waals surface area contributed by atoms with Gasteiger partial charge >= 0.3 is 0 Å². The Balaban J connectivity index is 1.33. The standard InChI is InChI=1S/C22H24N4O3S/c27-20-7-6-19(24-26(20)14-16-4-2-1-3-5-16)22(29)25-11-8-18(9-12-25)23-21(28)17-10-13-30-15-17/h1-5,10,13,15,18H,6-9,11-12,14H2,(H,23,28). The van der Waals surface area contributed by atoms with Crippen LogP contribution in [0.1, 0.15) is 41.6 Å². The van der Waals surface area contributed by atoms with Crippen LogP contribution >= 0.6 is 11.3 Å². The van der Waals surface area contributed by atoms with Gasteiger partial charge < -0.3 is 10.2 Å². The maximum atomic E-state index is 12.9. The van der Waals surface area contributed by atoms with Gasteiger partial charge in [0.25, 0.3) is 11.8 Å². The maximum Gasteiger partial charge on any atom is 0.270 e. The highest BCUT2D eigenvalue weighted by atomic mass is 32.1. The van der Waals surface area contributed by atoms with E-state index in [-0.39, 0.29) is 23.8 Å². The average Bonchev–Trinajstić information content (AvgIpc) is 3.31. The fourth-order valence-corrected chi connectivity index (χ4v) is 4.34. The molecule has 4 rings (SSSR count). The van der Waals surface area contributed by atoms with E-state index in [2.05, 4.69) is 10.4 Å². The lowest BCUT2D eigenvalue weighted by Crippen LogP contribution is -2.49. The Morgan fingerprint density at radius 1 is 1.10 bits per heavy atom. The molecular weight excluding hydrogens is 400 g/mol. The number of amides is 3. The van der Waals surface area contributed by atoms with E-state index in [4.69, 9.17) is 0 Å². The second-order valence-corrected chi connectivity index (χ2v) is 8.32. The zero-order chi connectivity index (χ0) is 20.9. The van der Waals surface area contributed by atoms with Crippen LogP contribution in [0, 0.1) is 0 Å². The molecule has 0 atom stereocenters. The molecule has 1 N–H and O–H groups in total. The van der Waals surface area contributed by atoms with Crippen molar-refractivity contribution in [2.24, 2.45) is 5.10 Å². The van der Waals surface area contributed by atoms with Crippen LogP contribution in [-0.2, 0) is 16.1 Å². The fraction of sp³-hybridized carbons (Fsp3) is 0.364. The SMILES string of the molecule is O=C(NC1CCN(C(=O)C2=NN(Cc3ccccc3)C(=O)CC2)CC1)c1ccsc1. The predicted molar refractivity (Wildman–Crippen MR) is 115 cm³/mol. The van der Waals surface area contributed by atoms with E-state index in [1.165, 1.54) is 16.3 Å². The largest absolute Gasteiger partial charge is 0.349 e. The number of carbonyl (C=O) groups is 3. The second kappa shape index (κ2) is 9.21. The molecule has 156 valence electrons. The first-order valence-corrected chi connectivity index (χ1v) is 11.1. The van der Waals surface area contributed by atoms with E-state index in [0.717, 1.165) is 5.56 Å². The third-order valence-corrected chi connectivity index (χ3v) is 6.11. The van der Waals surface area contributed by atoms with Crippen LogP contribution < -0.4 is 5.32 Å². The zero-order valence-electron chi connectivity index (χ0n) is 16.6. The lowest BCUT2D eigenvalue weighted by molar-refractivity contribution is -0.132. The Hall–Kier alpha value is -3.00. The molecule has 3 amide bonds. The predicted octanol–water partition coefficient (Wildman–Crippen LogP) is 2.65. The van der Waals surface area contributed by atoms with Gasteiger partial charge in [-0.25, -0.2) is 5.01 Å². The number of hydrogen-bond donors (Lipinski definition) is 1. The first kappa shape index (κ1) is 20.3. The second-order valence-electron chi connectivity index (χ2n) is 7.54. The summed E-state index contributed by atoms with van der Waals surface area (Å²) in [4.78, 5) is 39.2. The van der Waals surface area contributed by atoms with Crippen molar-refractivity contribution in [3.8, 4) is 0 Å². The number of thiophene rings is 1. The summed E-state index contributed by atoms with van der Waals surface area (Å²) >= 11 is 1.50. The number of hydrogen-bond acceptors (Lipinski definition) is 5. The molecule has 2 aliphatic heterocycles. The first-order chi connectivity index (χ1) is 14.6. The summed E-state index contributed by atoms with van der Waals surface area (Å²) in [5, 5.41) is 12.5. The van der Waals surface area contributed by atoms with Crippen LogP contribution in [0.3, 0.4) is 0 Å². The number of nitrogens with one attached hydrogen (secondary N) is 1. The minimum Gasteiger partial charge on any atom is -0.349 e. The van der Waals surface area contributed by atoms with Crippen molar-refractivity contribution in [1.29, 1.82) is 0 Å². The van der Waals surface area contributed by atoms with Crippen molar-refractivity contribution >= 4 is 34.8 Å². The van der Waals surface area contributed by atoms with Crippen molar-refractivity contribution in [3.63, 3.8) is 0 Å². The zero-order valence-corrected chi connectivity index (χ0v) is 17.4. The number of nitrogens with zero attached hydrogens (tertiary/aromatic N) is 3. The minimum absolute atomic E-state index is 0.0610. The molecule has 7 nitrogen and oxygen atoms in total. The van der Waals surface area contributed by atoms with Crippen LogP contribution in [0.15, 0.2) is 52.3 Å². The Kier molecular flexibility index (Phi) is 6.23. The Morgan fingerprint density at radius 3 is 2.57 bits per heavy atom. The van der Waals surface area contributed by atoms with Crippen molar-refractivity contribution in [1.82, 2.24) is 15.2 Å². The van der Waals surface area contributed by atoms with Gasteiger partial charge in [0, 0.05) is 42.9 Å². The molecule has 0 radical (unpaired) electrons. The van der Waals surface area contributed by atoms with Gasteiger partial charge in [-0.1, -0.05) is 30.3 Å². The van der Waals surface area contributed by atoms with Crippen molar-refractivity contribution in [2.45, 2.75) is 38.3 Å². The number of benzene rings is 1. The molecule has 0 saturated carbocycles. The average molecular weight is 425 g/mol. The molecule has 8 heteroatoms. The van der Waals surface area contributed by atoms with Gasteiger partial charge in [-0.3, -0.25) is 14.4 Å². The van der Waals surface area contributed by atoms with Crippen LogP contribution in [0.25, 0.3) is 0 Å². The van der Waals surface area contributed by atoms with Gasteiger partial charge in [0.2, 0.25) is 5.91 Å². The molecule has 30 heavy (non-hydrogen) atoms. The smallest absolute Gasteiger partial charge is 0.270 e. The highest BCUT2D eigenvalue weighted by Gasteiger charge is 2.30. The number of piperidine rings is 1. The van der Waals surface area contributed by atoms with E-state index in [9.17, 15) is 14.4 Å². The number of rotatable bonds is 5. The summed E-state index contributed by atoms with van der Waals surface area (Å²) in [6, 6.07) is 11.5. The Labute approximate surface area is 179 Å². The number of likely N-dealkylation sites (tertiary alicyclic amines) is 1. The van der Waals surface area contributed by atoms with Crippen LogP contribution in [0.4, 0.5) is 0 Å². The molecule has 0 aliphatic carbocycles. The summed E-state index contributed by atoms with van der Waals surface area (Å²) in [6.07, 6.45) is 2.09. The highest BCUT2D eigenvalue weighted by molar-refractivity contribution is 7.08. The van der Waals surface area contributed by atoms with E-state index in [0.29, 0.717) is 56.6 Å². The van der Waals surface area contributed by atoms with Crippen molar-refractivity contribution < 1.29 is 14.4 Å². The third-order valence-electron chi connectivity index (χ3n) is 5.43. The number of carbonyl (C=O) groups excluding carboxylic acids is 3. The van der Waals surface area contributed by atoms with Crippen LogP contribution in [-0.4, -0.2) is 52.5 Å². The monoisotopic (exact) mass is 424 g/mol. The quantitative estimate of drug-likeness (QED) is 0.801. The summed E-state index contributed by atoms with van der Waals surface area (Å²) < 4.78 is 0. The lowest BCUT2D eigenvalue weighted by Gasteiger charge is -2.33. The van der Waals surface area contributed by atoms with E-state index in [1.807, 2.05) is 47.2 Å². The van der Waals surface area contributed by atoms with Gasteiger partial charge in [0.05, 0.1) is 6.54 Å². The van der Waals surface area contributed by atoms with Gasteiger partial charge in [-0.2, -0.15) is 16.4 Å². The summed E-state index contributed by atoms with van der Waals surface area (Å²) in [6.45, 7) is 1.51. The maximum absolute atomic E-state index is 12.9. The molecule has 1 fully saturated rings. The normalized spacial score (nSPS) is 17.6. The highest BCUT2D eigenvalue weighted by Crippen LogP contribution is 2.18. The molecule has 0 spiro atoms. The van der Waals surface area contributed by atoms with Crippen molar-refractivity contribution in [3.05, 3.63) is 58.3 Å². The number of hydrazone groups is 1. The summed E-state index contributed by atoms with van der Waals surface area (Å²) in [5.74, 6) is -0.235. The molecule has 1 aromatic carbocycles. The Bertz CT molecular complexity index is 935. The summed E-state index contributed by atoms with van der Waals surface area (Å²) in [5.41, 5.74) is 2.09.